The summed E-state index contributed by atoms with van der Waals surface area (Å²) >= 11 is 0. The lowest BCUT2D eigenvalue weighted by atomic mass is 10.4. The van der Waals surface area contributed by atoms with Gasteiger partial charge in [0.2, 0.25) is 6.41 Å². The van der Waals surface area contributed by atoms with Crippen molar-refractivity contribution in [2.75, 3.05) is 13.1 Å². The van der Waals surface area contributed by atoms with E-state index in [1.165, 1.54) is 0 Å². The second-order valence-corrected chi connectivity index (χ2v) is 2.18. The zero-order chi connectivity index (χ0) is 9.11. The minimum atomic E-state index is 0.499. The number of amides is 1. The van der Waals surface area contributed by atoms with Crippen molar-refractivity contribution in [3.8, 4) is 0 Å². The molecule has 0 fully saturated rings. The van der Waals surface area contributed by atoms with E-state index in [4.69, 9.17) is 0 Å². The Bertz CT molecular complexity index is 74.5. The Morgan fingerprint density at radius 2 is 1.82 bits per heavy atom. The number of nitrogens with one attached hydrogen (secondary N) is 2. The van der Waals surface area contributed by atoms with E-state index in [0.29, 0.717) is 19.0 Å². The van der Waals surface area contributed by atoms with Gasteiger partial charge in [0.25, 0.3) is 0 Å². The fraction of sp³-hybridized carbons (Fsp3) is 0.875. The summed E-state index contributed by atoms with van der Waals surface area (Å²) in [7, 11) is 0. The Hall–Kier alpha value is -0.570. The van der Waals surface area contributed by atoms with Crippen LogP contribution in [0.25, 0.3) is 0 Å². The molecule has 0 aromatic rings. The number of carbonyl (C=O) groups is 1. The Kier molecular flexibility index (Phi) is 14.4. The molecule has 0 aliphatic carbocycles. The van der Waals surface area contributed by atoms with Crippen LogP contribution in [0, 0.1) is 0 Å². The van der Waals surface area contributed by atoms with Gasteiger partial charge in [0.1, 0.15) is 0 Å². The van der Waals surface area contributed by atoms with Crippen LogP contribution < -0.4 is 10.6 Å². The van der Waals surface area contributed by atoms with Crippen molar-refractivity contribution >= 4 is 6.41 Å². The highest BCUT2D eigenvalue weighted by molar-refractivity contribution is 5.45. The molecule has 0 aliphatic heterocycles. The zero-order valence-corrected chi connectivity index (χ0v) is 7.98. The molecule has 0 aromatic carbocycles. The summed E-state index contributed by atoms with van der Waals surface area (Å²) < 4.78 is 0. The molecule has 11 heavy (non-hydrogen) atoms. The quantitative estimate of drug-likeness (QED) is 0.460. The maximum atomic E-state index is 9.71. The molecule has 0 saturated heterocycles. The van der Waals surface area contributed by atoms with Crippen LogP contribution in [0.2, 0.25) is 0 Å². The molecule has 0 unspecified atom stereocenters. The minimum absolute atomic E-state index is 0.499. The molecule has 0 aromatic heterocycles. The monoisotopic (exact) mass is 160 g/mol. The standard InChI is InChI=1S/C6H14N2O.C2H6/c1-6(2)8-4-3-7-5-9;1-2/h5-6,8H,3-4H2,1-2H3,(H,7,9);1-2H3. The summed E-state index contributed by atoms with van der Waals surface area (Å²) in [4.78, 5) is 9.71. The van der Waals surface area contributed by atoms with Gasteiger partial charge in [-0.2, -0.15) is 0 Å². The molecule has 0 heterocycles. The lowest BCUT2D eigenvalue weighted by Gasteiger charge is -2.05. The highest BCUT2D eigenvalue weighted by Crippen LogP contribution is 1.71. The predicted molar refractivity (Wildman–Crippen MR) is 48.6 cm³/mol. The van der Waals surface area contributed by atoms with E-state index >= 15 is 0 Å². The largest absolute Gasteiger partial charge is 0.357 e. The van der Waals surface area contributed by atoms with Gasteiger partial charge in [0, 0.05) is 19.1 Å². The third kappa shape index (κ3) is 17.7. The van der Waals surface area contributed by atoms with Gasteiger partial charge < -0.3 is 10.6 Å². The molecule has 0 saturated carbocycles. The normalized spacial score (nSPS) is 8.45. The van der Waals surface area contributed by atoms with Crippen LogP contribution in [-0.2, 0) is 4.79 Å². The molecular formula is C8H20N2O. The topological polar surface area (TPSA) is 41.1 Å². The first kappa shape index (κ1) is 13.1. The van der Waals surface area contributed by atoms with Gasteiger partial charge in [0.05, 0.1) is 0 Å². The molecule has 1 amide bonds. The van der Waals surface area contributed by atoms with Crippen LogP contribution in [0.5, 0.6) is 0 Å². The Morgan fingerprint density at radius 3 is 2.18 bits per heavy atom. The first-order chi connectivity index (χ1) is 5.27. The highest BCUT2D eigenvalue weighted by Gasteiger charge is 1.88. The van der Waals surface area contributed by atoms with Gasteiger partial charge in [-0.1, -0.05) is 27.7 Å². The molecule has 3 nitrogen and oxygen atoms in total. The molecule has 3 heteroatoms. The summed E-state index contributed by atoms with van der Waals surface area (Å²) in [6.07, 6.45) is 0.710. The van der Waals surface area contributed by atoms with Gasteiger partial charge in [0.15, 0.2) is 0 Å². The number of hydrogen-bond acceptors (Lipinski definition) is 2. The van der Waals surface area contributed by atoms with Crippen molar-refractivity contribution < 1.29 is 4.79 Å². The third-order valence-electron chi connectivity index (χ3n) is 0.905. The summed E-state index contributed by atoms with van der Waals surface area (Å²) in [5.74, 6) is 0. The van der Waals surface area contributed by atoms with E-state index < -0.39 is 0 Å². The first-order valence-corrected chi connectivity index (χ1v) is 4.17. The first-order valence-electron chi connectivity index (χ1n) is 4.17. The molecule has 0 rings (SSSR count). The van der Waals surface area contributed by atoms with Crippen LogP contribution in [0.4, 0.5) is 0 Å². The van der Waals surface area contributed by atoms with Crippen molar-refractivity contribution in [1.29, 1.82) is 0 Å². The van der Waals surface area contributed by atoms with Crippen LogP contribution >= 0.6 is 0 Å². The number of hydrogen-bond donors (Lipinski definition) is 2. The van der Waals surface area contributed by atoms with Crippen molar-refractivity contribution in [2.24, 2.45) is 0 Å². The maximum absolute atomic E-state index is 9.71. The van der Waals surface area contributed by atoms with Gasteiger partial charge >= 0.3 is 0 Å². The summed E-state index contributed by atoms with van der Waals surface area (Å²) in [5, 5.41) is 5.72. The predicted octanol–water partition coefficient (Wildman–Crippen LogP) is 0.757. The molecule has 68 valence electrons. The lowest BCUT2D eigenvalue weighted by molar-refractivity contribution is -0.109. The average molecular weight is 160 g/mol. The van der Waals surface area contributed by atoms with E-state index in [0.717, 1.165) is 6.54 Å². The van der Waals surface area contributed by atoms with Gasteiger partial charge in [-0.05, 0) is 0 Å². The second-order valence-electron chi connectivity index (χ2n) is 2.18. The van der Waals surface area contributed by atoms with Crippen LogP contribution in [-0.4, -0.2) is 25.5 Å². The highest BCUT2D eigenvalue weighted by atomic mass is 16.1. The third-order valence-corrected chi connectivity index (χ3v) is 0.905. The van der Waals surface area contributed by atoms with E-state index in [9.17, 15) is 4.79 Å². The van der Waals surface area contributed by atoms with Gasteiger partial charge in [-0.25, -0.2) is 0 Å². The smallest absolute Gasteiger partial charge is 0.207 e. The van der Waals surface area contributed by atoms with E-state index in [1.807, 2.05) is 13.8 Å². The fourth-order valence-corrected chi connectivity index (χ4v) is 0.492. The molecule has 0 spiro atoms. The summed E-state index contributed by atoms with van der Waals surface area (Å²) in [5.41, 5.74) is 0. The average Bonchev–Trinajstić information content (AvgIpc) is 2.02. The molecule has 0 bridgehead atoms. The minimum Gasteiger partial charge on any atom is -0.357 e. The van der Waals surface area contributed by atoms with Crippen LogP contribution in [0.15, 0.2) is 0 Å². The van der Waals surface area contributed by atoms with E-state index in [1.54, 1.807) is 0 Å². The molecule has 0 atom stereocenters. The SMILES string of the molecule is CC.CC(C)NCCNC=O. The molecule has 2 N–H and O–H groups in total. The van der Waals surface area contributed by atoms with Gasteiger partial charge in [-0.15, -0.1) is 0 Å². The Morgan fingerprint density at radius 1 is 1.27 bits per heavy atom. The van der Waals surface area contributed by atoms with E-state index in [-0.39, 0.29) is 0 Å². The Balaban J connectivity index is 0. The number of carbonyl (C=O) groups excluding carboxylic acids is 1. The molecular weight excluding hydrogens is 140 g/mol. The van der Waals surface area contributed by atoms with Crippen molar-refractivity contribution in [3.05, 3.63) is 0 Å². The van der Waals surface area contributed by atoms with Gasteiger partial charge in [-0.3, -0.25) is 4.79 Å². The zero-order valence-electron chi connectivity index (χ0n) is 7.98. The second kappa shape index (κ2) is 12.1. The summed E-state index contributed by atoms with van der Waals surface area (Å²) in [6.45, 7) is 9.69. The van der Waals surface area contributed by atoms with Crippen molar-refractivity contribution in [2.45, 2.75) is 33.7 Å². The molecule has 0 radical (unpaired) electrons. The van der Waals surface area contributed by atoms with Crippen LogP contribution in [0.3, 0.4) is 0 Å². The van der Waals surface area contributed by atoms with Crippen molar-refractivity contribution in [1.82, 2.24) is 10.6 Å². The lowest BCUT2D eigenvalue weighted by Crippen LogP contribution is -2.30. The Labute approximate surface area is 69.6 Å². The van der Waals surface area contributed by atoms with E-state index in [2.05, 4.69) is 24.5 Å². The van der Waals surface area contributed by atoms with Crippen LogP contribution in [0.1, 0.15) is 27.7 Å². The summed E-state index contributed by atoms with van der Waals surface area (Å²) in [6, 6.07) is 0.499. The molecule has 0 aliphatic rings. The fourth-order valence-electron chi connectivity index (χ4n) is 0.492. The van der Waals surface area contributed by atoms with Crippen molar-refractivity contribution in [3.63, 3.8) is 0 Å². The maximum Gasteiger partial charge on any atom is 0.207 e. The number of rotatable bonds is 5.